The van der Waals surface area contributed by atoms with Crippen molar-refractivity contribution in [3.63, 3.8) is 0 Å². The largest absolute Gasteiger partial charge is 0.462 e. The molecule has 1 unspecified atom stereocenters. The van der Waals surface area contributed by atoms with Crippen LogP contribution in [0.2, 0.25) is 0 Å². The number of unbranched alkanes of at least 4 members (excludes halogenated alkanes) is 33. The molecule has 0 fully saturated rings. The van der Waals surface area contributed by atoms with Crippen LogP contribution in [-0.2, 0) is 28.6 Å². The van der Waals surface area contributed by atoms with E-state index in [-0.39, 0.29) is 31.1 Å². The molecule has 6 nitrogen and oxygen atoms in total. The highest BCUT2D eigenvalue weighted by molar-refractivity contribution is 5.71. The first-order chi connectivity index (χ1) is 35.5. The Morgan fingerprint density at radius 2 is 0.542 bits per heavy atom. The van der Waals surface area contributed by atoms with E-state index in [2.05, 4.69) is 93.7 Å². The van der Waals surface area contributed by atoms with Crippen LogP contribution in [0.25, 0.3) is 0 Å². The van der Waals surface area contributed by atoms with E-state index in [4.69, 9.17) is 14.2 Å². The molecule has 0 amide bonds. The van der Waals surface area contributed by atoms with Gasteiger partial charge in [0.15, 0.2) is 6.10 Å². The average molecular weight is 1010 g/mol. The Hall–Kier alpha value is -3.15. The Kier molecular flexibility index (Phi) is 57.8. The second kappa shape index (κ2) is 60.4. The first kappa shape index (κ1) is 68.8. The van der Waals surface area contributed by atoms with E-state index in [1.54, 1.807) is 0 Å². The van der Waals surface area contributed by atoms with Gasteiger partial charge in [-0.05, 0) is 89.9 Å². The van der Waals surface area contributed by atoms with E-state index in [1.165, 1.54) is 167 Å². The maximum Gasteiger partial charge on any atom is 0.306 e. The van der Waals surface area contributed by atoms with Gasteiger partial charge in [0.1, 0.15) is 13.2 Å². The van der Waals surface area contributed by atoms with Crippen LogP contribution in [0.1, 0.15) is 310 Å². The second-order valence-corrected chi connectivity index (χ2v) is 20.6. The molecule has 0 aliphatic heterocycles. The lowest BCUT2D eigenvalue weighted by atomic mass is 10.0. The molecule has 0 aliphatic rings. The van der Waals surface area contributed by atoms with Crippen molar-refractivity contribution >= 4 is 17.9 Å². The third-order valence-corrected chi connectivity index (χ3v) is 13.4. The fraction of sp³-hybridized carbons (Fsp3) is 0.773. The van der Waals surface area contributed by atoms with Crippen molar-refractivity contribution in [3.8, 4) is 0 Å². The van der Waals surface area contributed by atoms with Crippen LogP contribution in [0.5, 0.6) is 0 Å². The lowest BCUT2D eigenvalue weighted by Gasteiger charge is -2.18. The number of hydrogen-bond acceptors (Lipinski definition) is 6. The topological polar surface area (TPSA) is 78.9 Å². The number of rotatable bonds is 56. The summed E-state index contributed by atoms with van der Waals surface area (Å²) in [6, 6.07) is 0. The average Bonchev–Trinajstić information content (AvgIpc) is 3.38. The first-order valence-electron chi connectivity index (χ1n) is 30.9. The smallest absolute Gasteiger partial charge is 0.306 e. The van der Waals surface area contributed by atoms with Crippen LogP contribution in [0.4, 0.5) is 0 Å². The molecule has 0 aromatic heterocycles. The maximum atomic E-state index is 12.9. The van der Waals surface area contributed by atoms with E-state index in [1.807, 2.05) is 0 Å². The van der Waals surface area contributed by atoms with Crippen molar-refractivity contribution in [2.24, 2.45) is 0 Å². The van der Waals surface area contributed by atoms with Gasteiger partial charge in [-0.2, -0.15) is 0 Å². The highest BCUT2D eigenvalue weighted by Crippen LogP contribution is 2.16. The van der Waals surface area contributed by atoms with Gasteiger partial charge < -0.3 is 14.2 Å². The number of ether oxygens (including phenoxy) is 3. The summed E-state index contributed by atoms with van der Waals surface area (Å²) in [4.78, 5) is 38.2. The molecule has 0 aromatic rings. The van der Waals surface area contributed by atoms with Gasteiger partial charge in [-0.3, -0.25) is 14.4 Å². The van der Waals surface area contributed by atoms with Crippen LogP contribution >= 0.6 is 0 Å². The van der Waals surface area contributed by atoms with Crippen LogP contribution in [0, 0.1) is 0 Å². The molecule has 0 saturated carbocycles. The molecular weight excluding hydrogens is 889 g/mol. The molecule has 1 atom stereocenters. The minimum absolute atomic E-state index is 0.0832. The van der Waals surface area contributed by atoms with Crippen molar-refractivity contribution in [1.29, 1.82) is 0 Å². The van der Waals surface area contributed by atoms with Gasteiger partial charge in [0.2, 0.25) is 0 Å². The SMILES string of the molecule is CC/C=C\C/C=C\C/C=C\C/C=C\CCCCCCC(=O)OC(COC(=O)CCCCCCCCCCCCC/C=C\C/C=C\CCCCCCC)COC(=O)CCCCCCCCCCCCCCCC. The molecule has 0 heterocycles. The summed E-state index contributed by atoms with van der Waals surface area (Å²) in [7, 11) is 0. The highest BCUT2D eigenvalue weighted by Gasteiger charge is 2.19. The zero-order valence-electron chi connectivity index (χ0n) is 47.7. The predicted molar refractivity (Wildman–Crippen MR) is 311 cm³/mol. The maximum absolute atomic E-state index is 12.9. The molecule has 6 heteroatoms. The Balaban J connectivity index is 4.35. The molecule has 0 aromatic carbocycles. The minimum atomic E-state index is -0.788. The molecule has 0 bridgehead atoms. The lowest BCUT2D eigenvalue weighted by Crippen LogP contribution is -2.30. The number of esters is 3. The third kappa shape index (κ3) is 57.7. The van der Waals surface area contributed by atoms with Crippen LogP contribution in [0.15, 0.2) is 72.9 Å². The van der Waals surface area contributed by atoms with E-state index in [0.29, 0.717) is 19.3 Å². The van der Waals surface area contributed by atoms with Gasteiger partial charge in [0.25, 0.3) is 0 Å². The molecule has 0 saturated heterocycles. The Morgan fingerprint density at radius 1 is 0.292 bits per heavy atom. The lowest BCUT2D eigenvalue weighted by molar-refractivity contribution is -0.167. The standard InChI is InChI=1S/C66H116O6/c1-4-7-10-13-16-19-22-25-28-30-31-32-33-34-35-37-38-41-44-47-50-53-56-59-65(68)71-62-63(61-70-64(67)58-55-52-49-46-43-40-27-24-21-18-15-12-9-6-3)72-66(69)60-57-54-51-48-45-42-39-36-29-26-23-20-17-14-11-8-5-2/h8,11,17,20,22,25-26,29-31,39,42,63H,4-7,9-10,12-16,18-19,21,23-24,27-28,32-38,40-41,43-62H2,1-3H3/b11-8-,20-17-,25-22-,29-26-,31-30-,42-39-. The molecule has 72 heavy (non-hydrogen) atoms. The molecule has 0 radical (unpaired) electrons. The number of allylic oxidation sites excluding steroid dienone is 12. The molecule has 0 rings (SSSR count). The van der Waals surface area contributed by atoms with Gasteiger partial charge in [0.05, 0.1) is 0 Å². The zero-order valence-corrected chi connectivity index (χ0v) is 47.7. The summed E-state index contributed by atoms with van der Waals surface area (Å²) in [5, 5.41) is 0. The Bertz CT molecular complexity index is 1340. The molecule has 0 N–H and O–H groups in total. The van der Waals surface area contributed by atoms with Crippen molar-refractivity contribution in [3.05, 3.63) is 72.9 Å². The van der Waals surface area contributed by atoms with Gasteiger partial charge in [-0.1, -0.05) is 273 Å². The first-order valence-corrected chi connectivity index (χ1v) is 30.9. The summed E-state index contributed by atoms with van der Waals surface area (Å²) >= 11 is 0. The van der Waals surface area contributed by atoms with E-state index >= 15 is 0 Å². The fourth-order valence-corrected chi connectivity index (χ4v) is 8.82. The molecular formula is C66H116O6. The van der Waals surface area contributed by atoms with E-state index < -0.39 is 6.10 Å². The summed E-state index contributed by atoms with van der Waals surface area (Å²) in [6.07, 6.45) is 77.6. The fourth-order valence-electron chi connectivity index (χ4n) is 8.82. The third-order valence-electron chi connectivity index (χ3n) is 13.4. The summed E-state index contributed by atoms with van der Waals surface area (Å²) in [5.41, 5.74) is 0. The predicted octanol–water partition coefficient (Wildman–Crippen LogP) is 20.9. The summed E-state index contributed by atoms with van der Waals surface area (Å²) < 4.78 is 16.9. The van der Waals surface area contributed by atoms with Crippen molar-refractivity contribution in [2.75, 3.05) is 13.2 Å². The van der Waals surface area contributed by atoms with E-state index in [9.17, 15) is 14.4 Å². The van der Waals surface area contributed by atoms with E-state index in [0.717, 1.165) is 103 Å². The van der Waals surface area contributed by atoms with Crippen LogP contribution in [-0.4, -0.2) is 37.2 Å². The summed E-state index contributed by atoms with van der Waals surface area (Å²) in [6.45, 7) is 6.53. The summed E-state index contributed by atoms with van der Waals surface area (Å²) in [5.74, 6) is -0.896. The monoisotopic (exact) mass is 1000 g/mol. The molecule has 416 valence electrons. The Morgan fingerprint density at radius 3 is 0.847 bits per heavy atom. The van der Waals surface area contributed by atoms with Gasteiger partial charge in [-0.15, -0.1) is 0 Å². The zero-order chi connectivity index (χ0) is 52.2. The number of hydrogen-bond donors (Lipinski definition) is 0. The van der Waals surface area contributed by atoms with Gasteiger partial charge in [0, 0.05) is 19.3 Å². The van der Waals surface area contributed by atoms with Gasteiger partial charge >= 0.3 is 17.9 Å². The molecule has 0 aliphatic carbocycles. The van der Waals surface area contributed by atoms with Gasteiger partial charge in [-0.25, -0.2) is 0 Å². The minimum Gasteiger partial charge on any atom is -0.462 e. The van der Waals surface area contributed by atoms with Crippen molar-refractivity contribution in [1.82, 2.24) is 0 Å². The molecule has 0 spiro atoms. The van der Waals surface area contributed by atoms with Crippen LogP contribution in [0.3, 0.4) is 0 Å². The van der Waals surface area contributed by atoms with Crippen LogP contribution < -0.4 is 0 Å². The Labute approximate surface area is 446 Å². The van der Waals surface area contributed by atoms with Crippen molar-refractivity contribution in [2.45, 2.75) is 316 Å². The second-order valence-electron chi connectivity index (χ2n) is 20.6. The normalized spacial score (nSPS) is 12.5. The number of carbonyl (C=O) groups excluding carboxylic acids is 3. The quantitative estimate of drug-likeness (QED) is 0.0261. The highest BCUT2D eigenvalue weighted by atomic mass is 16.6. The number of carbonyl (C=O) groups is 3. The van der Waals surface area contributed by atoms with Crippen molar-refractivity contribution < 1.29 is 28.6 Å².